The molecule has 210 valence electrons. The highest BCUT2D eigenvalue weighted by Crippen LogP contribution is 2.46. The molecule has 40 heavy (non-hydrogen) atoms. The molecule has 2 heteroatoms. The molecule has 2 aliphatic rings. The second kappa shape index (κ2) is 12.9. The van der Waals surface area contributed by atoms with Crippen molar-refractivity contribution < 1.29 is 0 Å². The van der Waals surface area contributed by atoms with Crippen LogP contribution in [0.1, 0.15) is 94.7 Å². The summed E-state index contributed by atoms with van der Waals surface area (Å²) >= 11 is 0. The summed E-state index contributed by atoms with van der Waals surface area (Å²) < 4.78 is 0. The zero-order valence-electron chi connectivity index (χ0n) is 25.0. The highest BCUT2D eigenvalue weighted by molar-refractivity contribution is 5.66. The van der Waals surface area contributed by atoms with Crippen LogP contribution in [0.25, 0.3) is 11.1 Å². The van der Waals surface area contributed by atoms with Gasteiger partial charge in [0, 0.05) is 24.1 Å². The van der Waals surface area contributed by atoms with Crippen LogP contribution in [0.5, 0.6) is 0 Å². The van der Waals surface area contributed by atoms with Crippen LogP contribution in [-0.4, -0.2) is 7.05 Å². The van der Waals surface area contributed by atoms with Gasteiger partial charge in [0.1, 0.15) is 0 Å². The van der Waals surface area contributed by atoms with Gasteiger partial charge in [0.05, 0.1) is 6.04 Å². The van der Waals surface area contributed by atoms with Crippen LogP contribution in [0, 0.1) is 11.8 Å². The lowest BCUT2D eigenvalue weighted by atomic mass is 9.83. The van der Waals surface area contributed by atoms with Gasteiger partial charge in [-0.05, 0) is 103 Å². The number of hydrogen-bond acceptors (Lipinski definition) is 2. The van der Waals surface area contributed by atoms with E-state index in [4.69, 9.17) is 6.58 Å². The zero-order valence-corrected chi connectivity index (χ0v) is 25.0. The van der Waals surface area contributed by atoms with E-state index >= 15 is 0 Å². The average molecular weight is 533 g/mol. The van der Waals surface area contributed by atoms with E-state index in [0.29, 0.717) is 17.8 Å². The molecule has 0 radical (unpaired) electrons. The van der Waals surface area contributed by atoms with Crippen molar-refractivity contribution in [3.63, 3.8) is 0 Å². The normalized spacial score (nSPS) is 20.2. The van der Waals surface area contributed by atoms with Crippen molar-refractivity contribution in [1.29, 1.82) is 0 Å². The number of anilines is 2. The summed E-state index contributed by atoms with van der Waals surface area (Å²) in [6.07, 6.45) is 11.4. The van der Waals surface area contributed by atoms with Gasteiger partial charge in [0.25, 0.3) is 0 Å². The predicted octanol–water partition coefficient (Wildman–Crippen LogP) is 10.9. The molecule has 0 aliphatic heterocycles. The molecule has 0 saturated heterocycles. The molecule has 2 nitrogen and oxygen atoms in total. The van der Waals surface area contributed by atoms with Crippen molar-refractivity contribution in [2.24, 2.45) is 11.8 Å². The fourth-order valence-corrected chi connectivity index (χ4v) is 7.22. The predicted molar refractivity (Wildman–Crippen MR) is 174 cm³/mol. The van der Waals surface area contributed by atoms with Gasteiger partial charge in [-0.2, -0.15) is 0 Å². The topological polar surface area (TPSA) is 15.3 Å². The summed E-state index contributed by atoms with van der Waals surface area (Å²) in [5.41, 5.74) is 10.4. The number of benzene rings is 3. The van der Waals surface area contributed by atoms with Crippen LogP contribution in [0.4, 0.5) is 11.4 Å². The Kier molecular flexibility index (Phi) is 9.15. The minimum atomic E-state index is 0.204. The molecule has 0 heterocycles. The molecule has 0 bridgehead atoms. The highest BCUT2D eigenvalue weighted by Gasteiger charge is 2.31. The number of hydrogen-bond donors (Lipinski definition) is 1. The molecule has 2 aliphatic carbocycles. The largest absolute Gasteiger partial charge is 0.388 e. The molecule has 5 rings (SSSR count). The van der Waals surface area contributed by atoms with Crippen LogP contribution in [0.2, 0.25) is 0 Å². The molecule has 2 fully saturated rings. The highest BCUT2D eigenvalue weighted by atomic mass is 15.2. The number of rotatable bonds is 10. The van der Waals surface area contributed by atoms with Crippen molar-refractivity contribution >= 4 is 11.4 Å². The van der Waals surface area contributed by atoms with Crippen molar-refractivity contribution in [2.45, 2.75) is 83.6 Å². The molecular formula is C38H48N2. The van der Waals surface area contributed by atoms with Crippen LogP contribution >= 0.6 is 0 Å². The van der Waals surface area contributed by atoms with E-state index in [1.807, 2.05) is 7.05 Å². The third kappa shape index (κ3) is 6.07. The Bertz CT molecular complexity index is 1280. The number of nitrogens with one attached hydrogen (secondary N) is 1. The molecule has 3 unspecified atom stereocenters. The summed E-state index contributed by atoms with van der Waals surface area (Å²) in [6, 6.07) is 27.5. The van der Waals surface area contributed by atoms with Crippen LogP contribution < -0.4 is 10.2 Å². The fourth-order valence-electron chi connectivity index (χ4n) is 7.22. The molecule has 3 aromatic rings. The first-order valence-corrected chi connectivity index (χ1v) is 15.6. The molecular weight excluding hydrogens is 484 g/mol. The number of nitrogens with zero attached hydrogens (tertiary/aromatic N) is 1. The smallest absolute Gasteiger partial charge is 0.0560 e. The van der Waals surface area contributed by atoms with Crippen LogP contribution in [0.15, 0.2) is 97.2 Å². The fraction of sp³-hybridized carbons (Fsp3) is 0.421. The summed E-state index contributed by atoms with van der Waals surface area (Å²) in [6.45, 7) is 13.8. The maximum Gasteiger partial charge on any atom is 0.0560 e. The monoisotopic (exact) mass is 532 g/mol. The van der Waals surface area contributed by atoms with E-state index in [1.165, 1.54) is 90.6 Å². The van der Waals surface area contributed by atoms with E-state index in [2.05, 4.69) is 103 Å². The van der Waals surface area contributed by atoms with Gasteiger partial charge in [-0.25, -0.2) is 0 Å². The Morgan fingerprint density at radius 1 is 0.850 bits per heavy atom. The quantitative estimate of drug-likeness (QED) is 0.261. The molecule has 0 aromatic heterocycles. The average Bonchev–Trinajstić information content (AvgIpc) is 3.52. The first-order valence-electron chi connectivity index (χ1n) is 15.6. The van der Waals surface area contributed by atoms with Crippen molar-refractivity contribution in [3.05, 3.63) is 108 Å². The van der Waals surface area contributed by atoms with Crippen molar-refractivity contribution in [2.75, 3.05) is 17.3 Å². The summed E-state index contributed by atoms with van der Waals surface area (Å²) in [4.78, 5) is 2.56. The molecule has 1 N–H and O–H groups in total. The third-order valence-electron chi connectivity index (χ3n) is 9.74. The Morgan fingerprint density at radius 2 is 1.52 bits per heavy atom. The third-order valence-corrected chi connectivity index (χ3v) is 9.74. The molecule has 0 amide bonds. The van der Waals surface area contributed by atoms with Gasteiger partial charge < -0.3 is 10.2 Å². The number of allylic oxidation sites excluding steroid dienone is 2. The minimum absolute atomic E-state index is 0.204. The first-order chi connectivity index (χ1) is 19.5. The Hall–Kier alpha value is -3.26. The lowest BCUT2D eigenvalue weighted by Gasteiger charge is -2.38. The summed E-state index contributed by atoms with van der Waals surface area (Å²) in [7, 11) is 1.96. The van der Waals surface area contributed by atoms with Gasteiger partial charge in [-0.1, -0.05) is 99.9 Å². The first kappa shape index (κ1) is 28.3. The zero-order chi connectivity index (χ0) is 28.1. The lowest BCUT2D eigenvalue weighted by Crippen LogP contribution is -2.30. The molecule has 0 spiro atoms. The Morgan fingerprint density at radius 3 is 2.17 bits per heavy atom. The van der Waals surface area contributed by atoms with E-state index in [-0.39, 0.29) is 6.04 Å². The SMILES string of the molecule is C=C(CC)C1CCCC1c1cccc(N(C(=C)C2CCCCC2)C(C)c2ccc(-c3ccc(NC)cc3)cc2)c1. The van der Waals surface area contributed by atoms with Crippen molar-refractivity contribution in [1.82, 2.24) is 0 Å². The van der Waals surface area contributed by atoms with E-state index in [9.17, 15) is 0 Å². The maximum atomic E-state index is 4.77. The minimum Gasteiger partial charge on any atom is -0.388 e. The van der Waals surface area contributed by atoms with Gasteiger partial charge in [-0.15, -0.1) is 0 Å². The molecule has 3 atom stereocenters. The van der Waals surface area contributed by atoms with E-state index < -0.39 is 0 Å². The summed E-state index contributed by atoms with van der Waals surface area (Å²) in [5.74, 6) is 1.76. The van der Waals surface area contributed by atoms with Gasteiger partial charge in [0.2, 0.25) is 0 Å². The van der Waals surface area contributed by atoms with Crippen molar-refractivity contribution in [3.8, 4) is 11.1 Å². The lowest BCUT2D eigenvalue weighted by molar-refractivity contribution is 0.392. The Labute approximate surface area is 243 Å². The van der Waals surface area contributed by atoms with Gasteiger partial charge in [0.15, 0.2) is 0 Å². The maximum absolute atomic E-state index is 4.77. The molecule has 3 aromatic carbocycles. The second-order valence-corrected chi connectivity index (χ2v) is 12.1. The van der Waals surface area contributed by atoms with E-state index in [0.717, 1.165) is 12.1 Å². The second-order valence-electron chi connectivity index (χ2n) is 12.1. The summed E-state index contributed by atoms with van der Waals surface area (Å²) in [5, 5.41) is 3.21. The standard InChI is InChI=1S/C38H48N2/c1-6-27(2)37-16-11-17-38(37)34-14-10-15-36(26-34)40(28(3)30-12-8-7-9-13-30)29(4)31-18-20-32(21-19-31)33-22-24-35(39-5)25-23-33/h10,14-15,18-26,29-30,37-39H,2-3,6-9,11-13,16-17H2,1,4-5H3. The molecule has 2 saturated carbocycles. The van der Waals surface area contributed by atoms with E-state index in [1.54, 1.807) is 0 Å². The van der Waals surface area contributed by atoms with Gasteiger partial charge in [-0.3, -0.25) is 0 Å². The van der Waals surface area contributed by atoms with Crippen LogP contribution in [-0.2, 0) is 0 Å². The van der Waals surface area contributed by atoms with Crippen LogP contribution in [0.3, 0.4) is 0 Å². The Balaban J connectivity index is 1.46. The van der Waals surface area contributed by atoms with Gasteiger partial charge >= 0.3 is 0 Å².